The maximum atomic E-state index is 11.8. The molecule has 0 aliphatic heterocycles. The van der Waals surface area contributed by atoms with E-state index in [2.05, 4.69) is 13.8 Å². The number of aliphatic carboxylic acids is 1. The minimum atomic E-state index is -0.882. The molecule has 0 aromatic heterocycles. The summed E-state index contributed by atoms with van der Waals surface area (Å²) >= 11 is 0. The van der Waals surface area contributed by atoms with Crippen molar-refractivity contribution in [2.45, 2.75) is 71.3 Å². The number of allylic oxidation sites excluding steroid dienone is 1. The molecular formula is C19H28O3. The maximum Gasteiger partial charge on any atom is 0.334 e. The number of rotatable bonds is 2. The van der Waals surface area contributed by atoms with Gasteiger partial charge in [0, 0.05) is 5.41 Å². The summed E-state index contributed by atoms with van der Waals surface area (Å²) in [6, 6.07) is 0. The molecule has 2 N–H and O–H groups in total. The molecule has 0 saturated heterocycles. The summed E-state index contributed by atoms with van der Waals surface area (Å²) in [5, 5.41) is 20.2. The fraction of sp³-hybridized carbons (Fsp3) is 0.842. The molecule has 4 rings (SSSR count). The molecule has 0 heterocycles. The first-order chi connectivity index (χ1) is 10.4. The predicted octanol–water partition coefficient (Wildman–Crippen LogP) is 3.76. The lowest BCUT2D eigenvalue weighted by Gasteiger charge is -2.56. The van der Waals surface area contributed by atoms with Crippen LogP contribution in [0.3, 0.4) is 0 Å². The summed E-state index contributed by atoms with van der Waals surface area (Å²) < 4.78 is 0. The van der Waals surface area contributed by atoms with Crippen LogP contribution in [0.2, 0.25) is 0 Å². The van der Waals surface area contributed by atoms with Gasteiger partial charge < -0.3 is 10.2 Å². The van der Waals surface area contributed by atoms with Gasteiger partial charge in [-0.1, -0.05) is 26.7 Å². The molecule has 0 unspecified atom stereocenters. The molecular weight excluding hydrogens is 276 g/mol. The third kappa shape index (κ3) is 1.49. The molecule has 0 aromatic carbocycles. The van der Waals surface area contributed by atoms with E-state index in [4.69, 9.17) is 0 Å². The summed E-state index contributed by atoms with van der Waals surface area (Å²) in [7, 11) is 0. The fourth-order valence-electron chi connectivity index (χ4n) is 7.26. The minimum absolute atomic E-state index is 0.0436. The van der Waals surface area contributed by atoms with E-state index in [1.165, 1.54) is 38.5 Å². The van der Waals surface area contributed by atoms with Gasteiger partial charge in [0.15, 0.2) is 0 Å². The van der Waals surface area contributed by atoms with Crippen molar-refractivity contribution in [3.8, 4) is 0 Å². The first-order valence-corrected chi connectivity index (χ1v) is 9.07. The Kier molecular flexibility index (Phi) is 3.08. The summed E-state index contributed by atoms with van der Waals surface area (Å²) in [4.78, 5) is 11.8. The van der Waals surface area contributed by atoms with Crippen LogP contribution >= 0.6 is 0 Å². The fourth-order valence-corrected chi connectivity index (χ4v) is 7.26. The number of carbonyl (C=O) groups is 1. The van der Waals surface area contributed by atoms with Gasteiger partial charge in [0.05, 0.1) is 11.7 Å². The highest BCUT2D eigenvalue weighted by molar-refractivity contribution is 5.90. The molecule has 0 amide bonds. The predicted molar refractivity (Wildman–Crippen MR) is 84.3 cm³/mol. The number of hydrogen-bond donors (Lipinski definition) is 2. The van der Waals surface area contributed by atoms with E-state index < -0.39 is 12.1 Å². The van der Waals surface area contributed by atoms with Crippen molar-refractivity contribution >= 4 is 5.97 Å². The van der Waals surface area contributed by atoms with Crippen LogP contribution in [0.4, 0.5) is 0 Å². The van der Waals surface area contributed by atoms with E-state index in [1.807, 2.05) is 0 Å². The van der Waals surface area contributed by atoms with Gasteiger partial charge in [-0.2, -0.15) is 0 Å². The molecule has 5 atom stereocenters. The molecule has 3 saturated carbocycles. The molecule has 4 aliphatic rings. The van der Waals surface area contributed by atoms with Crippen LogP contribution in [-0.4, -0.2) is 22.3 Å². The monoisotopic (exact) mass is 304 g/mol. The number of carboxylic acid groups (broad SMARTS) is 1. The number of aliphatic hydroxyl groups excluding tert-OH is 1. The van der Waals surface area contributed by atoms with Gasteiger partial charge >= 0.3 is 5.97 Å². The standard InChI is InChI=1S/C19H28O3/c1-11-7-8-13-9-14-16(17(21)22)15(20)10-19(11,14)18(13,2)12-5-3-4-6-12/h11-13,15,20H,3-10H2,1-2H3,(H,21,22)/t11-,13-,15+,18-,19+/m1/s1. The van der Waals surface area contributed by atoms with Crippen molar-refractivity contribution in [3.05, 3.63) is 11.1 Å². The Hall–Kier alpha value is -0.830. The van der Waals surface area contributed by atoms with Crippen molar-refractivity contribution in [2.24, 2.45) is 28.6 Å². The second-order valence-corrected chi connectivity index (χ2v) is 8.53. The number of hydrogen-bond acceptors (Lipinski definition) is 2. The first kappa shape index (κ1) is 14.7. The lowest BCUT2D eigenvalue weighted by Crippen LogP contribution is -2.51. The summed E-state index contributed by atoms with van der Waals surface area (Å²) in [6.07, 6.45) is 8.51. The molecule has 0 radical (unpaired) electrons. The molecule has 2 bridgehead atoms. The second kappa shape index (κ2) is 4.59. The van der Waals surface area contributed by atoms with Crippen molar-refractivity contribution < 1.29 is 15.0 Å². The van der Waals surface area contributed by atoms with Crippen LogP contribution in [0, 0.1) is 28.6 Å². The molecule has 122 valence electrons. The van der Waals surface area contributed by atoms with Crippen LogP contribution in [0.25, 0.3) is 0 Å². The Morgan fingerprint density at radius 3 is 2.45 bits per heavy atom. The van der Waals surface area contributed by atoms with Crippen LogP contribution < -0.4 is 0 Å². The van der Waals surface area contributed by atoms with Crippen molar-refractivity contribution in [3.63, 3.8) is 0 Å². The van der Waals surface area contributed by atoms with E-state index in [-0.39, 0.29) is 10.8 Å². The Labute approximate surface area is 132 Å². The van der Waals surface area contributed by atoms with Gasteiger partial charge in [0.25, 0.3) is 0 Å². The van der Waals surface area contributed by atoms with E-state index in [0.717, 1.165) is 17.9 Å². The average Bonchev–Trinajstić information content (AvgIpc) is 3.10. The Morgan fingerprint density at radius 1 is 1.14 bits per heavy atom. The molecule has 1 spiro atoms. The third-order valence-corrected chi connectivity index (χ3v) is 8.20. The molecule has 0 aromatic rings. The molecule has 3 nitrogen and oxygen atoms in total. The van der Waals surface area contributed by atoms with Gasteiger partial charge in [-0.25, -0.2) is 4.79 Å². The molecule has 22 heavy (non-hydrogen) atoms. The van der Waals surface area contributed by atoms with Gasteiger partial charge in [-0.15, -0.1) is 0 Å². The highest BCUT2D eigenvalue weighted by atomic mass is 16.4. The van der Waals surface area contributed by atoms with Crippen LogP contribution in [0.15, 0.2) is 11.1 Å². The van der Waals surface area contributed by atoms with E-state index >= 15 is 0 Å². The topological polar surface area (TPSA) is 57.5 Å². The summed E-state index contributed by atoms with van der Waals surface area (Å²) in [5.74, 6) is 0.966. The Morgan fingerprint density at radius 2 is 1.82 bits per heavy atom. The Bertz CT molecular complexity index is 545. The second-order valence-electron chi connectivity index (χ2n) is 8.53. The number of carboxylic acids is 1. The summed E-state index contributed by atoms with van der Waals surface area (Å²) in [6.45, 7) is 4.76. The van der Waals surface area contributed by atoms with Crippen molar-refractivity contribution in [2.75, 3.05) is 0 Å². The molecule has 3 heteroatoms. The zero-order chi connectivity index (χ0) is 15.7. The SMILES string of the molecule is C[C@@H]1CC[C@@H]2CC3=C(C(=O)O)[C@@H](O)C[C@@]31[C@]2(C)C1CCCC1. The lowest BCUT2D eigenvalue weighted by molar-refractivity contribution is -0.133. The lowest BCUT2D eigenvalue weighted by atomic mass is 9.47. The van der Waals surface area contributed by atoms with Crippen LogP contribution in [0.1, 0.15) is 65.2 Å². The smallest absolute Gasteiger partial charge is 0.334 e. The Balaban J connectivity index is 1.91. The zero-order valence-electron chi connectivity index (χ0n) is 13.8. The highest BCUT2D eigenvalue weighted by Gasteiger charge is 2.70. The number of aliphatic hydroxyl groups is 1. The minimum Gasteiger partial charge on any atom is -0.478 e. The average molecular weight is 304 g/mol. The van der Waals surface area contributed by atoms with Crippen molar-refractivity contribution in [1.82, 2.24) is 0 Å². The van der Waals surface area contributed by atoms with Gasteiger partial charge in [-0.05, 0) is 67.3 Å². The normalized spacial score (nSPS) is 48.0. The highest BCUT2D eigenvalue weighted by Crippen LogP contribution is 2.76. The van der Waals surface area contributed by atoms with E-state index in [9.17, 15) is 15.0 Å². The van der Waals surface area contributed by atoms with Gasteiger partial charge in [0.2, 0.25) is 0 Å². The van der Waals surface area contributed by atoms with Gasteiger partial charge in [0.1, 0.15) is 0 Å². The van der Waals surface area contributed by atoms with Crippen LogP contribution in [-0.2, 0) is 4.79 Å². The largest absolute Gasteiger partial charge is 0.478 e. The molecule has 4 aliphatic carbocycles. The summed E-state index contributed by atoms with van der Waals surface area (Å²) in [5.41, 5.74) is 1.66. The van der Waals surface area contributed by atoms with Crippen molar-refractivity contribution in [1.29, 1.82) is 0 Å². The van der Waals surface area contributed by atoms with E-state index in [0.29, 0.717) is 23.8 Å². The zero-order valence-corrected chi connectivity index (χ0v) is 13.8. The number of fused-ring (bicyclic) bond motifs is 1. The van der Waals surface area contributed by atoms with Gasteiger partial charge in [-0.3, -0.25) is 0 Å². The quantitative estimate of drug-likeness (QED) is 0.816. The third-order valence-electron chi connectivity index (χ3n) is 8.20. The first-order valence-electron chi connectivity index (χ1n) is 9.07. The van der Waals surface area contributed by atoms with Crippen LogP contribution in [0.5, 0.6) is 0 Å². The van der Waals surface area contributed by atoms with E-state index in [1.54, 1.807) is 0 Å². The molecule has 3 fully saturated rings. The maximum absolute atomic E-state index is 11.8.